The fourth-order valence-corrected chi connectivity index (χ4v) is 2.51. The number of hydrogen-bond acceptors (Lipinski definition) is 4. The Labute approximate surface area is 127 Å². The number of halogens is 1. The second-order valence-electron chi connectivity index (χ2n) is 4.04. The van der Waals surface area contributed by atoms with Crippen LogP contribution in [0.15, 0.2) is 59.8 Å². The van der Waals surface area contributed by atoms with Gasteiger partial charge in [0.2, 0.25) is 0 Å². The van der Waals surface area contributed by atoms with E-state index in [1.54, 1.807) is 24.3 Å². The van der Waals surface area contributed by atoms with E-state index < -0.39 is 15.9 Å². The molecule has 0 unspecified atom stereocenters. The van der Waals surface area contributed by atoms with Crippen LogP contribution >= 0.6 is 11.6 Å². The van der Waals surface area contributed by atoms with Gasteiger partial charge in [0.25, 0.3) is 15.9 Å². The van der Waals surface area contributed by atoms with Crippen LogP contribution in [0, 0.1) is 0 Å². The van der Waals surface area contributed by atoms with Gasteiger partial charge in [-0.3, -0.25) is 9.78 Å². The second kappa shape index (κ2) is 6.51. The fraction of sp³-hybridized carbons (Fsp3) is 0. The molecule has 1 heterocycles. The summed E-state index contributed by atoms with van der Waals surface area (Å²) in [5.74, 6) is -0.742. The van der Waals surface area contributed by atoms with Crippen LogP contribution in [0.4, 0.5) is 0 Å². The Morgan fingerprint density at radius 1 is 1.19 bits per heavy atom. The number of carbonyl (C=O) groups is 1. The van der Waals surface area contributed by atoms with Crippen LogP contribution in [0.3, 0.4) is 0 Å². The Balaban J connectivity index is 2.06. The highest BCUT2D eigenvalue weighted by atomic mass is 35.5. The summed E-state index contributed by atoms with van der Waals surface area (Å²) < 4.78 is 25.7. The molecule has 0 bridgehead atoms. The van der Waals surface area contributed by atoms with E-state index in [0.29, 0.717) is 5.02 Å². The summed E-state index contributed by atoms with van der Waals surface area (Å²) in [7, 11) is -3.91. The fourth-order valence-electron chi connectivity index (χ4n) is 1.48. The third-order valence-corrected chi connectivity index (χ3v) is 4.06. The lowest BCUT2D eigenvalue weighted by Crippen LogP contribution is -2.29. The van der Waals surface area contributed by atoms with Gasteiger partial charge in [-0.25, -0.2) is 13.1 Å². The molecule has 1 aromatic heterocycles. The van der Waals surface area contributed by atoms with Crippen molar-refractivity contribution in [3.63, 3.8) is 0 Å². The second-order valence-corrected chi connectivity index (χ2v) is 6.16. The number of rotatable bonds is 4. The monoisotopic (exact) mass is 322 g/mol. The summed E-state index contributed by atoms with van der Waals surface area (Å²) in [4.78, 5) is 15.3. The first-order valence-corrected chi connectivity index (χ1v) is 7.74. The van der Waals surface area contributed by atoms with E-state index in [1.807, 2.05) is 4.72 Å². The van der Waals surface area contributed by atoms with E-state index in [0.717, 1.165) is 11.6 Å². The number of nitrogens with one attached hydrogen (secondary N) is 1. The molecule has 2 aromatic rings. The number of hydrogen-bond donors (Lipinski definition) is 1. The zero-order valence-electron chi connectivity index (χ0n) is 10.7. The molecule has 0 radical (unpaired) electrons. The first kappa shape index (κ1) is 15.2. The van der Waals surface area contributed by atoms with Crippen molar-refractivity contribution in [1.29, 1.82) is 0 Å². The van der Waals surface area contributed by atoms with Crippen molar-refractivity contribution in [1.82, 2.24) is 9.71 Å². The molecule has 0 saturated carbocycles. The number of benzene rings is 1. The quantitative estimate of drug-likeness (QED) is 0.876. The Bertz CT molecular complexity index is 757. The maximum atomic E-state index is 11.9. The van der Waals surface area contributed by atoms with Crippen molar-refractivity contribution in [2.45, 2.75) is 4.90 Å². The molecule has 1 amide bonds. The first-order valence-electron chi connectivity index (χ1n) is 5.88. The topological polar surface area (TPSA) is 76.1 Å². The summed E-state index contributed by atoms with van der Waals surface area (Å²) in [5, 5.41) is 0.579. The summed E-state index contributed by atoms with van der Waals surface area (Å²) >= 11 is 5.74. The average molecular weight is 323 g/mol. The molecule has 1 aromatic carbocycles. The number of nitrogens with zero attached hydrogens (tertiary/aromatic N) is 1. The zero-order valence-corrected chi connectivity index (χ0v) is 12.3. The number of aromatic nitrogens is 1. The van der Waals surface area contributed by atoms with Crippen LogP contribution in [0.5, 0.6) is 0 Å². The maximum absolute atomic E-state index is 11.9. The molecule has 1 N–H and O–H groups in total. The van der Waals surface area contributed by atoms with Gasteiger partial charge in [0.05, 0.1) is 0 Å². The van der Waals surface area contributed by atoms with Crippen molar-refractivity contribution >= 4 is 33.6 Å². The Hall–Kier alpha value is -2.18. The number of carbonyl (C=O) groups excluding carboxylic acids is 1. The average Bonchev–Trinajstić information content (AvgIpc) is 2.47. The van der Waals surface area contributed by atoms with Crippen molar-refractivity contribution < 1.29 is 13.2 Å². The van der Waals surface area contributed by atoms with Crippen LogP contribution in [-0.4, -0.2) is 19.3 Å². The minimum absolute atomic E-state index is 0.0711. The van der Waals surface area contributed by atoms with Gasteiger partial charge in [-0.15, -0.1) is 0 Å². The molecule has 7 heteroatoms. The SMILES string of the molecule is O=C(/C=C/c1ccc(Cl)cc1)NS(=O)(=O)c1cccnc1. The van der Waals surface area contributed by atoms with Crippen LogP contribution in [0.25, 0.3) is 6.08 Å². The Kier molecular flexibility index (Phi) is 4.72. The molecule has 2 rings (SSSR count). The highest BCUT2D eigenvalue weighted by molar-refractivity contribution is 7.90. The zero-order chi connectivity index (χ0) is 15.3. The molecule has 0 aliphatic rings. The molecule has 0 aliphatic carbocycles. The molecule has 0 atom stereocenters. The summed E-state index contributed by atoms with van der Waals surface area (Å²) in [6.45, 7) is 0. The van der Waals surface area contributed by atoms with Crippen molar-refractivity contribution in [3.05, 3.63) is 65.5 Å². The highest BCUT2D eigenvalue weighted by Gasteiger charge is 2.15. The number of amides is 1. The van der Waals surface area contributed by atoms with E-state index in [2.05, 4.69) is 4.98 Å². The lowest BCUT2D eigenvalue weighted by atomic mass is 10.2. The van der Waals surface area contributed by atoms with Crippen molar-refractivity contribution in [3.8, 4) is 0 Å². The molecular weight excluding hydrogens is 312 g/mol. The molecular formula is C14H11ClN2O3S. The van der Waals surface area contributed by atoms with E-state index >= 15 is 0 Å². The Morgan fingerprint density at radius 3 is 2.52 bits per heavy atom. The standard InChI is InChI=1S/C14H11ClN2O3S/c15-12-6-3-11(4-7-12)5-8-14(18)17-21(19,20)13-2-1-9-16-10-13/h1-10H,(H,17,18)/b8-5+. The van der Waals surface area contributed by atoms with Gasteiger partial charge in [-0.1, -0.05) is 23.7 Å². The van der Waals surface area contributed by atoms with Gasteiger partial charge in [-0.2, -0.15) is 0 Å². The molecule has 108 valence electrons. The van der Waals surface area contributed by atoms with Gasteiger partial charge in [0.1, 0.15) is 4.90 Å². The molecule has 5 nitrogen and oxygen atoms in total. The van der Waals surface area contributed by atoms with E-state index in [9.17, 15) is 13.2 Å². The predicted molar refractivity (Wildman–Crippen MR) is 80.1 cm³/mol. The van der Waals surface area contributed by atoms with E-state index in [-0.39, 0.29) is 4.90 Å². The molecule has 0 saturated heterocycles. The molecule has 0 aliphatic heterocycles. The Morgan fingerprint density at radius 2 is 1.90 bits per heavy atom. The largest absolute Gasteiger partial charge is 0.269 e. The van der Waals surface area contributed by atoms with Gasteiger partial charge in [-0.05, 0) is 35.9 Å². The van der Waals surface area contributed by atoms with Crippen molar-refractivity contribution in [2.24, 2.45) is 0 Å². The van der Waals surface area contributed by atoms with Gasteiger partial charge >= 0.3 is 0 Å². The minimum Gasteiger partial charge on any atom is -0.269 e. The third-order valence-electron chi connectivity index (χ3n) is 2.48. The van der Waals surface area contributed by atoms with Crippen LogP contribution in [0.2, 0.25) is 5.02 Å². The highest BCUT2D eigenvalue weighted by Crippen LogP contribution is 2.10. The van der Waals surface area contributed by atoms with Gasteiger partial charge < -0.3 is 0 Å². The predicted octanol–water partition coefficient (Wildman–Crippen LogP) is 2.25. The van der Waals surface area contributed by atoms with Crippen LogP contribution in [-0.2, 0) is 14.8 Å². The first-order chi connectivity index (χ1) is 9.97. The number of pyridine rings is 1. The summed E-state index contributed by atoms with van der Waals surface area (Å²) in [6.07, 6.45) is 5.24. The lowest BCUT2D eigenvalue weighted by molar-refractivity contribution is -0.114. The van der Waals surface area contributed by atoms with Crippen LogP contribution < -0.4 is 4.72 Å². The molecule has 0 spiro atoms. The summed E-state index contributed by atoms with van der Waals surface area (Å²) in [6, 6.07) is 9.59. The lowest BCUT2D eigenvalue weighted by Gasteiger charge is -2.03. The summed E-state index contributed by atoms with van der Waals surface area (Å²) in [5.41, 5.74) is 0.730. The maximum Gasteiger partial charge on any atom is 0.265 e. The molecule has 0 fully saturated rings. The van der Waals surface area contributed by atoms with Crippen molar-refractivity contribution in [2.75, 3.05) is 0 Å². The van der Waals surface area contributed by atoms with Gasteiger partial charge in [0, 0.05) is 23.5 Å². The third kappa shape index (κ3) is 4.40. The van der Waals surface area contributed by atoms with Crippen LogP contribution in [0.1, 0.15) is 5.56 Å². The van der Waals surface area contributed by atoms with E-state index in [1.165, 1.54) is 30.6 Å². The van der Waals surface area contributed by atoms with Gasteiger partial charge in [0.15, 0.2) is 0 Å². The van der Waals surface area contributed by atoms with E-state index in [4.69, 9.17) is 11.6 Å². The molecule has 21 heavy (non-hydrogen) atoms. The number of sulfonamides is 1. The normalized spacial score (nSPS) is 11.5. The minimum atomic E-state index is -3.91. The smallest absolute Gasteiger partial charge is 0.265 e.